The number of rotatable bonds is 4. The highest BCUT2D eigenvalue weighted by molar-refractivity contribution is 5.92. The van der Waals surface area contributed by atoms with Crippen molar-refractivity contribution in [3.63, 3.8) is 0 Å². The highest BCUT2D eigenvalue weighted by Crippen LogP contribution is 2.33. The normalized spacial score (nSPS) is 27.2. The fourth-order valence-corrected chi connectivity index (χ4v) is 4.04. The van der Waals surface area contributed by atoms with Crippen LogP contribution in [0.1, 0.15) is 32.6 Å². The number of nitrogens with one attached hydrogen (secondary N) is 1. The summed E-state index contributed by atoms with van der Waals surface area (Å²) >= 11 is 0. The van der Waals surface area contributed by atoms with Gasteiger partial charge in [-0.3, -0.25) is 14.5 Å². The lowest BCUT2D eigenvalue weighted by molar-refractivity contribution is -0.140. The fourth-order valence-electron chi connectivity index (χ4n) is 4.04. The SMILES string of the molecule is CC1(N)CCCCC1C(=O)N1CCN(CC(=O)Nc2ccccc2)CC1. The Bertz CT molecular complexity index is 624. The van der Waals surface area contributed by atoms with E-state index in [1.54, 1.807) is 0 Å². The van der Waals surface area contributed by atoms with Crippen LogP contribution in [0, 0.1) is 5.92 Å². The molecule has 1 aromatic rings. The first-order valence-electron chi connectivity index (χ1n) is 9.61. The number of hydrogen-bond donors (Lipinski definition) is 2. The van der Waals surface area contributed by atoms with Gasteiger partial charge in [0.15, 0.2) is 0 Å². The van der Waals surface area contributed by atoms with E-state index in [2.05, 4.69) is 10.2 Å². The van der Waals surface area contributed by atoms with Crippen molar-refractivity contribution in [3.05, 3.63) is 30.3 Å². The molecule has 1 aliphatic carbocycles. The van der Waals surface area contributed by atoms with E-state index in [4.69, 9.17) is 5.73 Å². The van der Waals surface area contributed by atoms with E-state index >= 15 is 0 Å². The summed E-state index contributed by atoms with van der Waals surface area (Å²) in [6.45, 7) is 5.16. The van der Waals surface area contributed by atoms with Crippen LogP contribution in [0.4, 0.5) is 5.69 Å². The molecule has 0 radical (unpaired) electrons. The Morgan fingerprint density at radius 1 is 1.15 bits per heavy atom. The molecule has 2 amide bonds. The molecule has 6 heteroatoms. The second kappa shape index (κ2) is 8.18. The van der Waals surface area contributed by atoms with Crippen molar-refractivity contribution in [2.75, 3.05) is 38.0 Å². The molecule has 26 heavy (non-hydrogen) atoms. The monoisotopic (exact) mass is 358 g/mol. The van der Waals surface area contributed by atoms with Crippen LogP contribution in [0.5, 0.6) is 0 Å². The molecule has 3 N–H and O–H groups in total. The summed E-state index contributed by atoms with van der Waals surface area (Å²) in [5, 5.41) is 2.91. The standard InChI is InChI=1S/C20H30N4O2/c1-20(21)10-6-5-9-17(20)19(26)24-13-11-23(12-14-24)15-18(25)22-16-7-3-2-4-8-16/h2-4,7-8,17H,5-6,9-15,21H2,1H3,(H,22,25). The predicted molar refractivity (Wildman–Crippen MR) is 103 cm³/mol. The molecule has 1 saturated heterocycles. The fraction of sp³-hybridized carbons (Fsp3) is 0.600. The van der Waals surface area contributed by atoms with Gasteiger partial charge in [-0.1, -0.05) is 31.0 Å². The Labute approximate surface area is 155 Å². The van der Waals surface area contributed by atoms with Gasteiger partial charge >= 0.3 is 0 Å². The number of benzene rings is 1. The number of nitrogens with two attached hydrogens (primary N) is 1. The quantitative estimate of drug-likeness (QED) is 0.858. The second-order valence-corrected chi connectivity index (χ2v) is 7.82. The van der Waals surface area contributed by atoms with E-state index in [0.29, 0.717) is 19.6 Å². The first kappa shape index (κ1) is 18.9. The summed E-state index contributed by atoms with van der Waals surface area (Å²) in [6, 6.07) is 9.47. The number of hydrogen-bond acceptors (Lipinski definition) is 4. The second-order valence-electron chi connectivity index (χ2n) is 7.82. The third kappa shape index (κ3) is 4.62. The van der Waals surface area contributed by atoms with Crippen LogP contribution in [0.25, 0.3) is 0 Å². The van der Waals surface area contributed by atoms with Crippen LogP contribution in [0.3, 0.4) is 0 Å². The molecule has 0 aromatic heterocycles. The Hall–Kier alpha value is -1.92. The van der Waals surface area contributed by atoms with Gasteiger partial charge in [0.1, 0.15) is 0 Å². The predicted octanol–water partition coefficient (Wildman–Crippen LogP) is 1.68. The molecule has 0 bridgehead atoms. The topological polar surface area (TPSA) is 78.7 Å². The average molecular weight is 358 g/mol. The first-order chi connectivity index (χ1) is 12.5. The number of nitrogens with zero attached hydrogens (tertiary/aromatic N) is 2. The molecule has 0 spiro atoms. The molecule has 1 aliphatic heterocycles. The maximum Gasteiger partial charge on any atom is 0.238 e. The third-order valence-corrected chi connectivity index (χ3v) is 5.66. The van der Waals surface area contributed by atoms with E-state index < -0.39 is 0 Å². The number of piperazine rings is 1. The molecule has 3 rings (SSSR count). The molecule has 142 valence electrons. The highest BCUT2D eigenvalue weighted by atomic mass is 16.2. The van der Waals surface area contributed by atoms with Crippen LogP contribution in [-0.2, 0) is 9.59 Å². The van der Waals surface area contributed by atoms with Gasteiger partial charge < -0.3 is 16.0 Å². The van der Waals surface area contributed by atoms with Gasteiger partial charge in [0, 0.05) is 37.4 Å². The summed E-state index contributed by atoms with van der Waals surface area (Å²) in [5.74, 6) is 0.116. The summed E-state index contributed by atoms with van der Waals surface area (Å²) in [6.07, 6.45) is 4.01. The lowest BCUT2D eigenvalue weighted by atomic mass is 9.74. The first-order valence-corrected chi connectivity index (χ1v) is 9.61. The molecule has 2 unspecified atom stereocenters. The summed E-state index contributed by atoms with van der Waals surface area (Å²) in [5.41, 5.74) is 6.81. The van der Waals surface area contributed by atoms with Crippen LogP contribution in [0.2, 0.25) is 0 Å². The molecule has 2 aliphatic rings. The van der Waals surface area contributed by atoms with Crippen LogP contribution in [0.15, 0.2) is 30.3 Å². The number of carbonyl (C=O) groups is 2. The zero-order valence-corrected chi connectivity index (χ0v) is 15.6. The van der Waals surface area contributed by atoms with Crippen molar-refractivity contribution >= 4 is 17.5 Å². The van der Waals surface area contributed by atoms with Crippen LogP contribution in [-0.4, -0.2) is 59.9 Å². The molecule has 2 atom stereocenters. The maximum atomic E-state index is 12.9. The van der Waals surface area contributed by atoms with Gasteiger partial charge in [-0.05, 0) is 31.9 Å². The van der Waals surface area contributed by atoms with E-state index in [1.165, 1.54) is 0 Å². The number of carbonyl (C=O) groups excluding carboxylic acids is 2. The van der Waals surface area contributed by atoms with Gasteiger partial charge in [-0.25, -0.2) is 0 Å². The molecule has 6 nitrogen and oxygen atoms in total. The largest absolute Gasteiger partial charge is 0.340 e. The van der Waals surface area contributed by atoms with Crippen molar-refractivity contribution in [2.24, 2.45) is 11.7 Å². The van der Waals surface area contributed by atoms with Gasteiger partial charge in [0.2, 0.25) is 11.8 Å². The smallest absolute Gasteiger partial charge is 0.238 e. The third-order valence-electron chi connectivity index (χ3n) is 5.66. The Morgan fingerprint density at radius 2 is 1.85 bits per heavy atom. The van der Waals surface area contributed by atoms with Crippen molar-refractivity contribution in [2.45, 2.75) is 38.1 Å². The van der Waals surface area contributed by atoms with E-state index in [9.17, 15) is 9.59 Å². The Balaban J connectivity index is 1.46. The summed E-state index contributed by atoms with van der Waals surface area (Å²) in [4.78, 5) is 29.1. The van der Waals surface area contributed by atoms with Crippen molar-refractivity contribution in [1.29, 1.82) is 0 Å². The summed E-state index contributed by atoms with van der Waals surface area (Å²) in [7, 11) is 0. The molecular formula is C20H30N4O2. The molecule has 1 heterocycles. The van der Waals surface area contributed by atoms with E-state index in [1.807, 2.05) is 42.2 Å². The molecule has 1 saturated carbocycles. The van der Waals surface area contributed by atoms with Crippen LogP contribution >= 0.6 is 0 Å². The van der Waals surface area contributed by atoms with Gasteiger partial charge in [-0.15, -0.1) is 0 Å². The van der Waals surface area contributed by atoms with Gasteiger partial charge in [-0.2, -0.15) is 0 Å². The van der Waals surface area contributed by atoms with E-state index in [-0.39, 0.29) is 23.3 Å². The lowest BCUT2D eigenvalue weighted by Gasteiger charge is -2.42. The van der Waals surface area contributed by atoms with Gasteiger partial charge in [0.05, 0.1) is 12.5 Å². The Kier molecular flexibility index (Phi) is 5.94. The summed E-state index contributed by atoms with van der Waals surface area (Å²) < 4.78 is 0. The van der Waals surface area contributed by atoms with Crippen molar-refractivity contribution in [3.8, 4) is 0 Å². The highest BCUT2D eigenvalue weighted by Gasteiger charge is 2.40. The van der Waals surface area contributed by atoms with Crippen molar-refractivity contribution < 1.29 is 9.59 Å². The lowest BCUT2D eigenvalue weighted by Crippen LogP contribution is -2.57. The zero-order chi connectivity index (χ0) is 18.6. The van der Waals surface area contributed by atoms with Crippen LogP contribution < -0.4 is 11.1 Å². The number of para-hydroxylation sites is 1. The minimum atomic E-state index is -0.387. The van der Waals surface area contributed by atoms with E-state index in [0.717, 1.165) is 44.5 Å². The van der Waals surface area contributed by atoms with Crippen molar-refractivity contribution in [1.82, 2.24) is 9.80 Å². The van der Waals surface area contributed by atoms with Gasteiger partial charge in [0.25, 0.3) is 0 Å². The molecular weight excluding hydrogens is 328 g/mol. The molecule has 1 aromatic carbocycles. The number of anilines is 1. The number of amides is 2. The Morgan fingerprint density at radius 3 is 2.50 bits per heavy atom. The average Bonchev–Trinajstić information content (AvgIpc) is 2.62. The minimum Gasteiger partial charge on any atom is -0.340 e. The zero-order valence-electron chi connectivity index (χ0n) is 15.6. The molecule has 2 fully saturated rings. The minimum absolute atomic E-state index is 0.0159. The maximum absolute atomic E-state index is 12.9.